The Bertz CT molecular complexity index is 1410. The predicted molar refractivity (Wildman–Crippen MR) is 122 cm³/mol. The summed E-state index contributed by atoms with van der Waals surface area (Å²) in [4.78, 5) is 37.3. The molecule has 33 heavy (non-hydrogen) atoms. The number of benzene rings is 3. The monoisotopic (exact) mass is 503 g/mol. The minimum Gasteiger partial charge on any atom is -0.449 e. The topological polar surface area (TPSA) is 107 Å². The fourth-order valence-electron chi connectivity index (χ4n) is 3.36. The number of fused-ring (bicyclic) bond motifs is 2. The first kappa shape index (κ1) is 23.0. The molecule has 0 aromatic heterocycles. The van der Waals surface area contributed by atoms with Crippen molar-refractivity contribution < 1.29 is 27.5 Å². The molecule has 168 valence electrons. The molecule has 1 aliphatic heterocycles. The molecular weight excluding hydrogens is 489 g/mol. The molecule has 0 radical (unpaired) electrons. The van der Waals surface area contributed by atoms with E-state index in [1.807, 2.05) is 0 Å². The van der Waals surface area contributed by atoms with Gasteiger partial charge < -0.3 is 10.1 Å². The molecule has 3 aromatic rings. The molecule has 4 rings (SSSR count). The van der Waals surface area contributed by atoms with E-state index in [0.29, 0.717) is 15.7 Å². The van der Waals surface area contributed by atoms with Gasteiger partial charge in [0.2, 0.25) is 9.84 Å². The Morgan fingerprint density at radius 3 is 2.24 bits per heavy atom. The average molecular weight is 504 g/mol. The number of halogens is 2. The highest BCUT2D eigenvalue weighted by atomic mass is 35.5. The minimum atomic E-state index is -4.02. The van der Waals surface area contributed by atoms with Gasteiger partial charge in [0.25, 0.3) is 5.91 Å². The first-order valence-electron chi connectivity index (χ1n) is 9.59. The molecule has 7 nitrogen and oxygen atoms in total. The molecule has 0 fully saturated rings. The van der Waals surface area contributed by atoms with E-state index in [9.17, 15) is 22.8 Å². The number of ketones is 1. The molecule has 1 amide bonds. The first-order chi connectivity index (χ1) is 15.6. The fraction of sp³-hybridized carbons (Fsp3) is 0.0870. The van der Waals surface area contributed by atoms with Gasteiger partial charge in [-0.2, -0.15) is 0 Å². The molecule has 0 bridgehead atoms. The van der Waals surface area contributed by atoms with Crippen molar-refractivity contribution in [1.82, 2.24) is 0 Å². The molecule has 1 atom stereocenters. The van der Waals surface area contributed by atoms with Crippen LogP contribution >= 0.6 is 23.2 Å². The number of nitrogens with one attached hydrogen (secondary N) is 1. The number of sulfone groups is 1. The summed E-state index contributed by atoms with van der Waals surface area (Å²) in [6, 6.07) is 13.9. The highest BCUT2D eigenvalue weighted by Crippen LogP contribution is 2.35. The molecule has 10 heteroatoms. The Labute approximate surface area is 199 Å². The number of amides is 1. The van der Waals surface area contributed by atoms with Crippen molar-refractivity contribution in [3.8, 4) is 0 Å². The Morgan fingerprint density at radius 2 is 1.55 bits per heavy atom. The number of rotatable bonds is 4. The lowest BCUT2D eigenvalue weighted by molar-refractivity contribution is -0.123. The van der Waals surface area contributed by atoms with Gasteiger partial charge >= 0.3 is 5.97 Å². The van der Waals surface area contributed by atoms with Crippen LogP contribution < -0.4 is 5.32 Å². The van der Waals surface area contributed by atoms with Crippen LogP contribution in [0.2, 0.25) is 10.0 Å². The second kappa shape index (κ2) is 8.62. The van der Waals surface area contributed by atoms with Crippen LogP contribution in [0.3, 0.4) is 0 Å². The third-order valence-corrected chi connectivity index (χ3v) is 7.24. The fourth-order valence-corrected chi connectivity index (χ4v) is 5.57. The van der Waals surface area contributed by atoms with Crippen LogP contribution in [0, 0.1) is 0 Å². The Morgan fingerprint density at radius 1 is 0.909 bits per heavy atom. The summed E-state index contributed by atoms with van der Waals surface area (Å²) in [6.45, 7) is 1.36. The van der Waals surface area contributed by atoms with Crippen LogP contribution in [0.4, 0.5) is 5.69 Å². The summed E-state index contributed by atoms with van der Waals surface area (Å²) >= 11 is 11.8. The second-order valence-corrected chi connectivity index (χ2v) is 9.99. The minimum absolute atomic E-state index is 0.0334. The van der Waals surface area contributed by atoms with Gasteiger partial charge in [0.15, 0.2) is 11.9 Å². The number of ether oxygens (including phenoxy) is 1. The molecule has 1 aliphatic rings. The van der Waals surface area contributed by atoms with E-state index < -0.39 is 33.6 Å². The van der Waals surface area contributed by atoms with Gasteiger partial charge in [0.05, 0.1) is 15.4 Å². The number of hydrogen-bond acceptors (Lipinski definition) is 6. The maximum Gasteiger partial charge on any atom is 0.338 e. The van der Waals surface area contributed by atoms with Crippen LogP contribution in [-0.2, 0) is 19.4 Å². The SMILES string of the molecule is C[C@@H](OC(=O)c1ccc2c(c1)S(=O)(=O)c1ccccc1C2=O)C(=O)Nc1cc(Cl)cc(Cl)c1. The number of hydrogen-bond donors (Lipinski definition) is 1. The van der Waals surface area contributed by atoms with E-state index in [0.717, 1.165) is 6.07 Å². The van der Waals surface area contributed by atoms with E-state index in [4.69, 9.17) is 27.9 Å². The van der Waals surface area contributed by atoms with Gasteiger partial charge in [-0.3, -0.25) is 9.59 Å². The second-order valence-electron chi connectivity index (χ2n) is 7.23. The van der Waals surface area contributed by atoms with Crippen molar-refractivity contribution in [3.05, 3.63) is 87.4 Å². The maximum absolute atomic E-state index is 13.0. The van der Waals surface area contributed by atoms with E-state index in [1.54, 1.807) is 6.07 Å². The Kier molecular flexibility index (Phi) is 6.00. The molecule has 0 saturated heterocycles. The van der Waals surface area contributed by atoms with Gasteiger partial charge in [0.1, 0.15) is 0 Å². The van der Waals surface area contributed by atoms with Crippen LogP contribution in [0.15, 0.2) is 70.5 Å². The van der Waals surface area contributed by atoms with Crippen molar-refractivity contribution in [2.45, 2.75) is 22.8 Å². The predicted octanol–water partition coefficient (Wildman–Crippen LogP) is 4.55. The number of esters is 1. The van der Waals surface area contributed by atoms with E-state index in [1.165, 1.54) is 55.5 Å². The molecule has 0 aliphatic carbocycles. The van der Waals surface area contributed by atoms with Gasteiger partial charge in [-0.15, -0.1) is 0 Å². The number of carbonyl (C=O) groups excluding carboxylic acids is 3. The standard InChI is InChI=1S/C23H15Cl2NO6S/c1-12(22(28)26-16-10-14(24)9-15(25)11-16)32-23(29)13-6-7-18-20(8-13)33(30,31)19-5-3-2-4-17(19)21(18)27/h2-12H,1H3,(H,26,28)/t12-/m1/s1. The van der Waals surface area contributed by atoms with Gasteiger partial charge in [-0.1, -0.05) is 35.3 Å². The third-order valence-electron chi connectivity index (χ3n) is 4.96. The van der Waals surface area contributed by atoms with Crippen LogP contribution in [0.5, 0.6) is 0 Å². The number of carbonyl (C=O) groups is 3. The Hall–Kier alpha value is -3.20. The Balaban J connectivity index is 1.56. The summed E-state index contributed by atoms with van der Waals surface area (Å²) in [6.07, 6.45) is -1.22. The van der Waals surface area contributed by atoms with Crippen LogP contribution in [0.25, 0.3) is 0 Å². The van der Waals surface area contributed by atoms with Crippen molar-refractivity contribution in [2.75, 3.05) is 5.32 Å². The summed E-state index contributed by atoms with van der Waals surface area (Å²) in [5, 5.41) is 3.16. The average Bonchev–Trinajstić information content (AvgIpc) is 2.76. The lowest BCUT2D eigenvalue weighted by Crippen LogP contribution is -2.30. The van der Waals surface area contributed by atoms with Gasteiger partial charge in [-0.05, 0) is 55.5 Å². The molecule has 0 saturated carbocycles. The molecule has 0 unspecified atom stereocenters. The lowest BCUT2D eigenvalue weighted by atomic mass is 10.0. The smallest absolute Gasteiger partial charge is 0.338 e. The molecular formula is C23H15Cl2NO6S. The third kappa shape index (κ3) is 4.37. The van der Waals surface area contributed by atoms with Crippen molar-refractivity contribution in [3.63, 3.8) is 0 Å². The van der Waals surface area contributed by atoms with E-state index in [-0.39, 0.29) is 26.5 Å². The zero-order valence-electron chi connectivity index (χ0n) is 17.0. The van der Waals surface area contributed by atoms with E-state index >= 15 is 0 Å². The zero-order chi connectivity index (χ0) is 23.9. The van der Waals surface area contributed by atoms with Crippen LogP contribution in [-0.4, -0.2) is 32.2 Å². The highest BCUT2D eigenvalue weighted by Gasteiger charge is 2.35. The number of anilines is 1. The van der Waals surface area contributed by atoms with Gasteiger partial charge in [-0.25, -0.2) is 13.2 Å². The van der Waals surface area contributed by atoms with Gasteiger partial charge in [0, 0.05) is 26.9 Å². The molecule has 1 heterocycles. The largest absolute Gasteiger partial charge is 0.449 e. The maximum atomic E-state index is 13.0. The van der Waals surface area contributed by atoms with Crippen molar-refractivity contribution >= 4 is 56.4 Å². The lowest BCUT2D eigenvalue weighted by Gasteiger charge is -2.19. The van der Waals surface area contributed by atoms with E-state index in [2.05, 4.69) is 5.32 Å². The highest BCUT2D eigenvalue weighted by molar-refractivity contribution is 7.91. The van der Waals surface area contributed by atoms with Crippen LogP contribution in [0.1, 0.15) is 33.2 Å². The molecule has 0 spiro atoms. The summed E-state index contributed by atoms with van der Waals surface area (Å²) in [5.41, 5.74) is 0.244. The summed E-state index contributed by atoms with van der Waals surface area (Å²) in [7, 11) is -4.02. The summed E-state index contributed by atoms with van der Waals surface area (Å²) in [5.74, 6) is -2.02. The molecule has 3 aromatic carbocycles. The van der Waals surface area contributed by atoms with Crippen molar-refractivity contribution in [2.24, 2.45) is 0 Å². The quantitative estimate of drug-likeness (QED) is 0.409. The first-order valence-corrected chi connectivity index (χ1v) is 11.8. The molecule has 1 N–H and O–H groups in total. The van der Waals surface area contributed by atoms with Crippen molar-refractivity contribution in [1.29, 1.82) is 0 Å². The normalized spacial score (nSPS) is 14.6. The zero-order valence-corrected chi connectivity index (χ0v) is 19.3. The summed E-state index contributed by atoms with van der Waals surface area (Å²) < 4.78 is 31.2.